The second-order valence-electron chi connectivity index (χ2n) is 2.29. The zero-order valence-corrected chi connectivity index (χ0v) is 7.77. The fraction of sp³-hybridized carbons (Fsp3) is 0.571. The van der Waals surface area contributed by atoms with Crippen LogP contribution in [0.2, 0.25) is 0 Å². The summed E-state index contributed by atoms with van der Waals surface area (Å²) in [6.45, 7) is 2.03. The van der Waals surface area contributed by atoms with Crippen LogP contribution in [0.3, 0.4) is 0 Å². The number of carbonyl (C=O) groups is 1. The van der Waals surface area contributed by atoms with Gasteiger partial charge in [-0.25, -0.2) is 9.48 Å². The minimum atomic E-state index is -0.521. The van der Waals surface area contributed by atoms with E-state index in [1.165, 1.54) is 11.8 Å². The molecule has 0 spiro atoms. The maximum Gasteiger partial charge on any atom is 0.364 e. The van der Waals surface area contributed by atoms with Crippen LogP contribution in [0.4, 0.5) is 0 Å². The highest BCUT2D eigenvalue weighted by Crippen LogP contribution is 2.13. The number of aryl methyl sites for hydroxylation is 1. The van der Waals surface area contributed by atoms with Gasteiger partial charge in [0, 0.05) is 7.05 Å². The summed E-state index contributed by atoms with van der Waals surface area (Å²) in [5.41, 5.74) is 0.104. The van der Waals surface area contributed by atoms with E-state index < -0.39 is 5.97 Å². The number of hydrogen-bond acceptors (Lipinski definition) is 5. The van der Waals surface area contributed by atoms with Crippen molar-refractivity contribution in [1.82, 2.24) is 15.0 Å². The molecule has 0 aliphatic rings. The van der Waals surface area contributed by atoms with E-state index in [4.69, 9.17) is 9.47 Å². The van der Waals surface area contributed by atoms with Gasteiger partial charge in [0.1, 0.15) is 0 Å². The fourth-order valence-corrected chi connectivity index (χ4v) is 0.905. The topological polar surface area (TPSA) is 66.2 Å². The molecule has 6 nitrogen and oxygen atoms in total. The molecule has 1 rings (SSSR count). The third-order valence-corrected chi connectivity index (χ3v) is 1.44. The minimum absolute atomic E-state index is 0.104. The molecule has 0 aromatic carbocycles. The minimum Gasteiger partial charge on any atom is -0.479 e. The molecule has 1 heterocycles. The van der Waals surface area contributed by atoms with E-state index in [9.17, 15) is 4.79 Å². The summed E-state index contributed by atoms with van der Waals surface area (Å²) in [6, 6.07) is 0. The molecule has 6 heteroatoms. The number of ether oxygens (including phenoxy) is 2. The number of hydrogen-bond donors (Lipinski definition) is 0. The van der Waals surface area contributed by atoms with Crippen molar-refractivity contribution in [3.05, 3.63) is 5.69 Å². The third kappa shape index (κ3) is 1.77. The summed E-state index contributed by atoms with van der Waals surface area (Å²) in [5, 5.41) is 7.25. The summed E-state index contributed by atoms with van der Waals surface area (Å²) >= 11 is 0. The smallest absolute Gasteiger partial charge is 0.364 e. The largest absolute Gasteiger partial charge is 0.479 e. The number of rotatable bonds is 3. The van der Waals surface area contributed by atoms with Crippen molar-refractivity contribution in [2.24, 2.45) is 7.05 Å². The summed E-state index contributed by atoms with van der Waals surface area (Å²) in [4.78, 5) is 11.2. The Morgan fingerprint density at radius 3 is 2.85 bits per heavy atom. The molecule has 0 N–H and O–H groups in total. The van der Waals surface area contributed by atoms with Crippen LogP contribution in [0.5, 0.6) is 5.88 Å². The SMILES string of the molecule is CCOC(=O)c1nnn(C)c1OC. The highest BCUT2D eigenvalue weighted by molar-refractivity contribution is 5.89. The Morgan fingerprint density at radius 2 is 2.31 bits per heavy atom. The first kappa shape index (κ1) is 9.50. The molecule has 0 fully saturated rings. The lowest BCUT2D eigenvalue weighted by Gasteiger charge is -2.01. The van der Waals surface area contributed by atoms with Crippen LogP contribution in [0.15, 0.2) is 0 Å². The second kappa shape index (κ2) is 3.88. The molecule has 0 bridgehead atoms. The quantitative estimate of drug-likeness (QED) is 0.620. The zero-order chi connectivity index (χ0) is 9.84. The Bertz CT molecular complexity index is 308. The maximum atomic E-state index is 11.2. The monoisotopic (exact) mass is 185 g/mol. The molecule has 0 atom stereocenters. The average Bonchev–Trinajstić information content (AvgIpc) is 2.47. The highest BCUT2D eigenvalue weighted by atomic mass is 16.5. The number of carbonyl (C=O) groups excluding carboxylic acids is 1. The molecule has 0 aliphatic carbocycles. The van der Waals surface area contributed by atoms with E-state index in [1.54, 1.807) is 14.0 Å². The first-order chi connectivity index (χ1) is 6.20. The van der Waals surface area contributed by atoms with Crippen LogP contribution in [-0.4, -0.2) is 34.7 Å². The van der Waals surface area contributed by atoms with Gasteiger partial charge in [-0.15, -0.1) is 5.10 Å². The maximum absolute atomic E-state index is 11.2. The second-order valence-corrected chi connectivity index (χ2v) is 2.29. The van der Waals surface area contributed by atoms with Crippen LogP contribution < -0.4 is 4.74 Å². The Labute approximate surface area is 75.4 Å². The fourth-order valence-electron chi connectivity index (χ4n) is 0.905. The van der Waals surface area contributed by atoms with Crippen LogP contribution in [-0.2, 0) is 11.8 Å². The van der Waals surface area contributed by atoms with Gasteiger partial charge in [0.2, 0.25) is 11.6 Å². The Balaban J connectivity index is 2.93. The lowest BCUT2D eigenvalue weighted by molar-refractivity contribution is 0.0515. The molecule has 0 aliphatic heterocycles. The van der Waals surface area contributed by atoms with Gasteiger partial charge in [-0.05, 0) is 6.92 Å². The van der Waals surface area contributed by atoms with Crippen molar-refractivity contribution in [3.63, 3.8) is 0 Å². The van der Waals surface area contributed by atoms with E-state index in [-0.39, 0.29) is 5.69 Å². The van der Waals surface area contributed by atoms with Crippen molar-refractivity contribution in [2.45, 2.75) is 6.92 Å². The van der Waals surface area contributed by atoms with Crippen LogP contribution in [0.1, 0.15) is 17.4 Å². The van der Waals surface area contributed by atoms with Crippen LogP contribution >= 0.6 is 0 Å². The lowest BCUT2D eigenvalue weighted by atomic mass is 10.4. The number of aromatic nitrogens is 3. The lowest BCUT2D eigenvalue weighted by Crippen LogP contribution is -2.07. The average molecular weight is 185 g/mol. The summed E-state index contributed by atoms with van der Waals surface area (Å²) < 4.78 is 11.0. The first-order valence-corrected chi connectivity index (χ1v) is 3.81. The molecule has 0 amide bonds. The van der Waals surface area contributed by atoms with Crippen molar-refractivity contribution in [2.75, 3.05) is 13.7 Å². The van der Waals surface area contributed by atoms with Crippen molar-refractivity contribution in [3.8, 4) is 5.88 Å². The molecule has 1 aromatic heterocycles. The molecular formula is C7H11N3O3. The standard InChI is InChI=1S/C7H11N3O3/c1-4-13-7(11)5-6(12-3)10(2)9-8-5/h4H2,1-3H3. The van der Waals surface area contributed by atoms with Crippen molar-refractivity contribution < 1.29 is 14.3 Å². The van der Waals surface area contributed by atoms with Gasteiger partial charge < -0.3 is 9.47 Å². The summed E-state index contributed by atoms with van der Waals surface area (Å²) in [7, 11) is 3.08. The predicted octanol–water partition coefficient (Wildman–Crippen LogP) is 0.000400. The Hall–Kier alpha value is -1.59. The van der Waals surface area contributed by atoms with Crippen LogP contribution in [0.25, 0.3) is 0 Å². The molecule has 0 saturated heterocycles. The molecule has 72 valence electrons. The van der Waals surface area contributed by atoms with Gasteiger partial charge in [-0.3, -0.25) is 0 Å². The van der Waals surface area contributed by atoms with Crippen molar-refractivity contribution in [1.29, 1.82) is 0 Å². The van der Waals surface area contributed by atoms with Gasteiger partial charge in [0.25, 0.3) is 0 Å². The molecule has 13 heavy (non-hydrogen) atoms. The van der Waals surface area contributed by atoms with E-state index in [0.717, 1.165) is 0 Å². The summed E-state index contributed by atoms with van der Waals surface area (Å²) in [5.74, 6) is -0.217. The van der Waals surface area contributed by atoms with Gasteiger partial charge in [-0.2, -0.15) is 0 Å². The van der Waals surface area contributed by atoms with E-state index in [2.05, 4.69) is 10.3 Å². The Morgan fingerprint density at radius 1 is 1.62 bits per heavy atom. The normalized spacial score (nSPS) is 9.77. The van der Waals surface area contributed by atoms with Gasteiger partial charge >= 0.3 is 5.97 Å². The molecular weight excluding hydrogens is 174 g/mol. The first-order valence-electron chi connectivity index (χ1n) is 3.81. The van der Waals surface area contributed by atoms with E-state index in [0.29, 0.717) is 12.5 Å². The van der Waals surface area contributed by atoms with E-state index >= 15 is 0 Å². The molecule has 1 aromatic rings. The molecule has 0 saturated carbocycles. The number of esters is 1. The molecule has 0 unspecified atom stereocenters. The number of methoxy groups -OCH3 is 1. The van der Waals surface area contributed by atoms with E-state index in [1.807, 2.05) is 0 Å². The van der Waals surface area contributed by atoms with Crippen LogP contribution in [0, 0.1) is 0 Å². The highest BCUT2D eigenvalue weighted by Gasteiger charge is 2.19. The van der Waals surface area contributed by atoms with Gasteiger partial charge in [0.05, 0.1) is 13.7 Å². The van der Waals surface area contributed by atoms with Crippen molar-refractivity contribution >= 4 is 5.97 Å². The zero-order valence-electron chi connectivity index (χ0n) is 7.77. The third-order valence-electron chi connectivity index (χ3n) is 1.44. The molecule has 0 radical (unpaired) electrons. The van der Waals surface area contributed by atoms with Gasteiger partial charge in [-0.1, -0.05) is 5.21 Å². The van der Waals surface area contributed by atoms with Gasteiger partial charge in [0.15, 0.2) is 0 Å². The number of nitrogens with zero attached hydrogens (tertiary/aromatic N) is 3. The summed E-state index contributed by atoms with van der Waals surface area (Å²) in [6.07, 6.45) is 0. The Kier molecular flexibility index (Phi) is 2.84. The predicted molar refractivity (Wildman–Crippen MR) is 43.5 cm³/mol.